The van der Waals surface area contributed by atoms with Gasteiger partial charge in [-0.15, -0.1) is 0 Å². The van der Waals surface area contributed by atoms with Crippen LogP contribution in [0.5, 0.6) is 5.75 Å². The molecule has 2 aromatic heterocycles. The van der Waals surface area contributed by atoms with Gasteiger partial charge in [0, 0.05) is 54.9 Å². The first kappa shape index (κ1) is 25.1. The highest BCUT2D eigenvalue weighted by Crippen LogP contribution is 2.41. The van der Waals surface area contributed by atoms with Crippen LogP contribution in [0, 0.1) is 11.3 Å². The third kappa shape index (κ3) is 5.06. The molecule has 0 unspecified atom stereocenters. The van der Waals surface area contributed by atoms with Crippen molar-refractivity contribution in [2.45, 2.75) is 32.2 Å². The van der Waals surface area contributed by atoms with Crippen molar-refractivity contribution in [2.24, 2.45) is 0 Å². The first-order valence-corrected chi connectivity index (χ1v) is 14.1. The Morgan fingerprint density at radius 1 is 0.927 bits per heavy atom. The lowest BCUT2D eigenvalue weighted by atomic mass is 10.0. The minimum absolute atomic E-state index is 0.413. The zero-order chi connectivity index (χ0) is 27.6. The number of imidazole rings is 1. The number of rotatable bonds is 6. The molecule has 2 aliphatic rings. The number of likely N-dealkylation sites (tertiary alicyclic amines) is 1. The topological polar surface area (TPSA) is 79.0 Å². The third-order valence-corrected chi connectivity index (χ3v) is 7.97. The van der Waals surface area contributed by atoms with Crippen LogP contribution < -0.4 is 10.1 Å². The van der Waals surface area contributed by atoms with Crippen LogP contribution in [0.3, 0.4) is 0 Å². The number of benzene rings is 3. The van der Waals surface area contributed by atoms with Crippen LogP contribution in [-0.4, -0.2) is 38.6 Å². The van der Waals surface area contributed by atoms with Crippen molar-refractivity contribution in [1.82, 2.24) is 19.4 Å². The van der Waals surface area contributed by atoms with E-state index in [0.29, 0.717) is 18.3 Å². The number of nitrogens with one attached hydrogen (secondary N) is 1. The number of hydrogen-bond donors (Lipinski definition) is 1. The lowest BCUT2D eigenvalue weighted by Gasteiger charge is -2.33. The van der Waals surface area contributed by atoms with E-state index >= 15 is 0 Å². The van der Waals surface area contributed by atoms with Crippen molar-refractivity contribution in [3.8, 4) is 45.7 Å². The van der Waals surface area contributed by atoms with Crippen LogP contribution in [-0.2, 0) is 13.3 Å². The molecule has 0 radical (unpaired) electrons. The van der Waals surface area contributed by atoms with Gasteiger partial charge in [0.25, 0.3) is 0 Å². The van der Waals surface area contributed by atoms with Gasteiger partial charge in [-0.05, 0) is 42.7 Å². The Kier molecular flexibility index (Phi) is 6.67. The molecule has 7 rings (SSSR count). The zero-order valence-corrected chi connectivity index (χ0v) is 22.7. The monoisotopic (exact) mass is 538 g/mol. The molecule has 202 valence electrons. The zero-order valence-electron chi connectivity index (χ0n) is 22.7. The smallest absolute Gasteiger partial charge is 0.167 e. The molecule has 1 fully saturated rings. The third-order valence-electron chi connectivity index (χ3n) is 7.97. The Balaban J connectivity index is 1.08. The van der Waals surface area contributed by atoms with Crippen molar-refractivity contribution in [3.63, 3.8) is 0 Å². The second-order valence-corrected chi connectivity index (χ2v) is 10.7. The highest BCUT2D eigenvalue weighted by molar-refractivity contribution is 5.83. The van der Waals surface area contributed by atoms with Crippen LogP contribution >= 0.6 is 0 Å². The maximum atomic E-state index is 9.17. The normalized spacial score (nSPS) is 14.9. The van der Waals surface area contributed by atoms with Gasteiger partial charge in [0.2, 0.25) is 0 Å². The first-order valence-electron chi connectivity index (χ1n) is 14.1. The Hall–Kier alpha value is -4.93. The first-order chi connectivity index (χ1) is 20.2. The molecule has 41 heavy (non-hydrogen) atoms. The average molecular weight is 539 g/mol. The molecule has 0 amide bonds. The van der Waals surface area contributed by atoms with Crippen LogP contribution in [0.4, 0.5) is 5.69 Å². The van der Waals surface area contributed by atoms with Crippen molar-refractivity contribution in [1.29, 1.82) is 5.26 Å². The SMILES string of the molecule is N#Cc1cccc(NC2CCN(Cc3ccc(-c4nc5n(c4-c4ccccc4)COc4ccncc4-5)cc3)CC2)c1. The Morgan fingerprint density at radius 2 is 1.76 bits per heavy atom. The number of pyridine rings is 1. The fraction of sp³-hybridized carbons (Fsp3) is 0.206. The number of nitrogens with zero attached hydrogens (tertiary/aromatic N) is 5. The molecule has 7 nitrogen and oxygen atoms in total. The van der Waals surface area contributed by atoms with Gasteiger partial charge in [-0.1, -0.05) is 60.7 Å². The fourth-order valence-electron chi connectivity index (χ4n) is 5.86. The van der Waals surface area contributed by atoms with E-state index in [4.69, 9.17) is 15.0 Å². The maximum Gasteiger partial charge on any atom is 0.167 e. The summed E-state index contributed by atoms with van der Waals surface area (Å²) in [4.78, 5) is 12.0. The minimum Gasteiger partial charge on any atom is -0.472 e. The van der Waals surface area contributed by atoms with Gasteiger partial charge in [0.05, 0.1) is 28.6 Å². The number of piperidine rings is 1. The van der Waals surface area contributed by atoms with E-state index in [0.717, 1.165) is 77.8 Å². The van der Waals surface area contributed by atoms with Gasteiger partial charge in [0.1, 0.15) is 11.6 Å². The highest BCUT2D eigenvalue weighted by Gasteiger charge is 2.26. The van der Waals surface area contributed by atoms with Gasteiger partial charge in [0.15, 0.2) is 6.73 Å². The second kappa shape index (κ2) is 10.9. The maximum absolute atomic E-state index is 9.17. The molecule has 0 spiro atoms. The van der Waals surface area contributed by atoms with Gasteiger partial charge in [-0.3, -0.25) is 14.5 Å². The van der Waals surface area contributed by atoms with E-state index in [2.05, 4.69) is 74.4 Å². The molecule has 1 N–H and O–H groups in total. The van der Waals surface area contributed by atoms with E-state index in [9.17, 15) is 0 Å². The molecule has 1 saturated heterocycles. The largest absolute Gasteiger partial charge is 0.472 e. The molecule has 3 aromatic carbocycles. The number of nitriles is 1. The van der Waals surface area contributed by atoms with Crippen molar-refractivity contribution in [2.75, 3.05) is 18.4 Å². The molecule has 2 aliphatic heterocycles. The number of ether oxygens (including phenoxy) is 1. The van der Waals surface area contributed by atoms with Gasteiger partial charge in [-0.2, -0.15) is 5.26 Å². The predicted molar refractivity (Wildman–Crippen MR) is 160 cm³/mol. The second-order valence-electron chi connectivity index (χ2n) is 10.7. The number of anilines is 1. The molecule has 4 heterocycles. The van der Waals surface area contributed by atoms with E-state index < -0.39 is 0 Å². The molecule has 0 bridgehead atoms. The quantitative estimate of drug-likeness (QED) is 0.263. The van der Waals surface area contributed by atoms with Crippen molar-refractivity contribution in [3.05, 3.63) is 108 Å². The summed E-state index contributed by atoms with van der Waals surface area (Å²) in [5, 5.41) is 12.8. The molecular formula is C34H30N6O. The standard InChI is InChI=1S/C34H30N6O/c35-20-25-5-4-8-29(19-25)37-28-14-17-39(18-15-28)22-24-9-11-26(12-10-24)32-33(27-6-2-1-3-7-27)40-23-41-31-13-16-36-21-30(31)34(40)38-32/h1-13,16,19,21,28,37H,14-15,17-18,22-23H2. The Morgan fingerprint density at radius 3 is 2.56 bits per heavy atom. The summed E-state index contributed by atoms with van der Waals surface area (Å²) in [6.07, 6.45) is 5.74. The summed E-state index contributed by atoms with van der Waals surface area (Å²) in [7, 11) is 0. The van der Waals surface area contributed by atoms with E-state index in [-0.39, 0.29) is 0 Å². The fourth-order valence-corrected chi connectivity index (χ4v) is 5.86. The summed E-state index contributed by atoms with van der Waals surface area (Å²) < 4.78 is 8.23. The van der Waals surface area contributed by atoms with E-state index in [1.54, 1.807) is 6.20 Å². The van der Waals surface area contributed by atoms with Crippen LogP contribution in [0.25, 0.3) is 33.9 Å². The molecule has 0 aliphatic carbocycles. The summed E-state index contributed by atoms with van der Waals surface area (Å²) in [5.74, 6) is 1.70. The van der Waals surface area contributed by atoms with Crippen molar-refractivity contribution >= 4 is 5.69 Å². The van der Waals surface area contributed by atoms with Crippen LogP contribution in [0.2, 0.25) is 0 Å². The summed E-state index contributed by atoms with van der Waals surface area (Å²) in [6.45, 7) is 3.42. The Labute approximate surface area is 239 Å². The average Bonchev–Trinajstić information content (AvgIpc) is 3.43. The summed E-state index contributed by atoms with van der Waals surface area (Å²) >= 11 is 0. The summed E-state index contributed by atoms with van der Waals surface area (Å²) in [6, 6.07) is 31.5. The van der Waals surface area contributed by atoms with Crippen LogP contribution in [0.15, 0.2) is 97.3 Å². The Bertz CT molecular complexity index is 1710. The van der Waals surface area contributed by atoms with Crippen molar-refractivity contribution < 1.29 is 4.74 Å². The predicted octanol–water partition coefficient (Wildman–Crippen LogP) is 6.58. The summed E-state index contributed by atoms with van der Waals surface area (Å²) in [5.41, 5.74) is 8.13. The molecule has 7 heteroatoms. The minimum atomic E-state index is 0.413. The molecule has 5 aromatic rings. The molecule has 0 atom stereocenters. The number of aromatic nitrogens is 3. The number of hydrogen-bond acceptors (Lipinski definition) is 6. The van der Waals surface area contributed by atoms with Gasteiger partial charge >= 0.3 is 0 Å². The number of fused-ring (bicyclic) bond motifs is 3. The van der Waals surface area contributed by atoms with E-state index in [1.165, 1.54) is 5.56 Å². The van der Waals surface area contributed by atoms with Crippen LogP contribution in [0.1, 0.15) is 24.0 Å². The van der Waals surface area contributed by atoms with Gasteiger partial charge < -0.3 is 10.1 Å². The van der Waals surface area contributed by atoms with Gasteiger partial charge in [-0.25, -0.2) is 4.98 Å². The lowest BCUT2D eigenvalue weighted by Crippen LogP contribution is -2.38. The van der Waals surface area contributed by atoms with E-state index in [1.807, 2.05) is 42.6 Å². The molecule has 0 saturated carbocycles. The molecular weight excluding hydrogens is 508 g/mol. The highest BCUT2D eigenvalue weighted by atomic mass is 16.5. The lowest BCUT2D eigenvalue weighted by molar-refractivity contribution is 0.211.